The van der Waals surface area contributed by atoms with Crippen molar-refractivity contribution in [3.63, 3.8) is 0 Å². The highest BCUT2D eigenvalue weighted by Crippen LogP contribution is 2.36. The highest BCUT2D eigenvalue weighted by atomic mass is 16.6. The Morgan fingerprint density at radius 2 is 1.55 bits per heavy atom. The molecule has 0 atom stereocenters. The minimum Gasteiger partial charge on any atom is -0.369 e. The molecule has 4 fully saturated rings. The van der Waals surface area contributed by atoms with Crippen LogP contribution in [0.25, 0.3) is 6.08 Å². The highest BCUT2D eigenvalue weighted by Gasteiger charge is 2.36. The average molecular weight is 447 g/mol. The van der Waals surface area contributed by atoms with Gasteiger partial charge in [-0.3, -0.25) is 14.9 Å². The van der Waals surface area contributed by atoms with Gasteiger partial charge in [0.2, 0.25) is 0 Å². The Hall–Kier alpha value is -3.35. The van der Waals surface area contributed by atoms with Gasteiger partial charge in [0.05, 0.1) is 10.6 Å². The maximum Gasteiger partial charge on any atom is 0.270 e. The third-order valence-corrected chi connectivity index (χ3v) is 7.35. The molecule has 0 aromatic heterocycles. The first-order valence-corrected chi connectivity index (χ1v) is 11.8. The fourth-order valence-electron chi connectivity index (χ4n) is 5.59. The number of rotatable bonds is 4. The molecule has 7 nitrogen and oxygen atoms in total. The molecule has 6 rings (SSSR count). The summed E-state index contributed by atoms with van der Waals surface area (Å²) in [6.07, 6.45) is 3.73. The van der Waals surface area contributed by atoms with Crippen LogP contribution >= 0.6 is 0 Å². The van der Waals surface area contributed by atoms with Crippen LogP contribution in [-0.4, -0.2) is 54.9 Å². The lowest BCUT2D eigenvalue weighted by Crippen LogP contribution is -2.47. The number of nitro benzene ring substituents is 1. The Labute approximate surface area is 194 Å². The van der Waals surface area contributed by atoms with Gasteiger partial charge in [0.1, 0.15) is 0 Å². The number of aryl methyl sites for hydroxylation is 2. The van der Waals surface area contributed by atoms with E-state index in [0.717, 1.165) is 63.4 Å². The first-order chi connectivity index (χ1) is 15.9. The predicted molar refractivity (Wildman–Crippen MR) is 131 cm³/mol. The van der Waals surface area contributed by atoms with Crippen molar-refractivity contribution < 1.29 is 9.72 Å². The largest absolute Gasteiger partial charge is 0.369 e. The van der Waals surface area contributed by atoms with Crippen LogP contribution in [-0.2, 0) is 4.79 Å². The highest BCUT2D eigenvalue weighted by molar-refractivity contribution is 6.02. The van der Waals surface area contributed by atoms with Gasteiger partial charge in [0.25, 0.3) is 5.69 Å². The van der Waals surface area contributed by atoms with Crippen LogP contribution in [0.1, 0.15) is 29.5 Å². The molecule has 2 bridgehead atoms. The molecule has 0 N–H and O–H groups in total. The Balaban J connectivity index is 1.44. The fourth-order valence-corrected chi connectivity index (χ4v) is 5.59. The molecule has 0 saturated carbocycles. The summed E-state index contributed by atoms with van der Waals surface area (Å²) in [5, 5.41) is 11.5. The van der Waals surface area contributed by atoms with Crippen LogP contribution in [0.3, 0.4) is 0 Å². The van der Waals surface area contributed by atoms with Gasteiger partial charge in [-0.15, -0.1) is 0 Å². The lowest BCUT2D eigenvalue weighted by atomic mass is 9.84. The van der Waals surface area contributed by atoms with E-state index >= 15 is 0 Å². The number of ketones is 1. The maximum absolute atomic E-state index is 12.9. The molecular weight excluding hydrogens is 416 g/mol. The molecule has 33 heavy (non-hydrogen) atoms. The second-order valence-electron chi connectivity index (χ2n) is 9.37. The zero-order chi connectivity index (χ0) is 23.1. The average Bonchev–Trinajstić information content (AvgIpc) is 2.82. The summed E-state index contributed by atoms with van der Waals surface area (Å²) in [7, 11) is 0. The van der Waals surface area contributed by atoms with Gasteiger partial charge >= 0.3 is 0 Å². The molecule has 4 saturated heterocycles. The van der Waals surface area contributed by atoms with E-state index in [-0.39, 0.29) is 22.3 Å². The zero-order valence-electron chi connectivity index (χ0n) is 19.3. The van der Waals surface area contributed by atoms with Crippen LogP contribution in [0, 0.1) is 29.9 Å². The topological polar surface area (TPSA) is 69.9 Å². The third kappa shape index (κ3) is 3.96. The Morgan fingerprint density at radius 1 is 0.909 bits per heavy atom. The molecule has 7 heteroatoms. The van der Waals surface area contributed by atoms with Crippen LogP contribution in [0.2, 0.25) is 0 Å². The minimum atomic E-state index is -0.361. The number of carbonyl (C=O) groups excluding carboxylic acids is 1. The number of piperidine rings is 3. The summed E-state index contributed by atoms with van der Waals surface area (Å²) in [6, 6.07) is 11.4. The fraction of sp³-hybridized carbons (Fsp3) is 0.423. The van der Waals surface area contributed by atoms with Gasteiger partial charge in [-0.05, 0) is 50.0 Å². The predicted octanol–water partition coefficient (Wildman–Crippen LogP) is 4.17. The Bertz CT molecular complexity index is 1110. The minimum absolute atomic E-state index is 0.0585. The van der Waals surface area contributed by atoms with E-state index in [1.165, 1.54) is 16.8 Å². The smallest absolute Gasteiger partial charge is 0.270 e. The number of hydrogen-bond donors (Lipinski definition) is 0. The number of fused-ring (bicyclic) bond motifs is 3. The molecule has 172 valence electrons. The number of non-ortho nitro benzene ring substituents is 1. The zero-order valence-corrected chi connectivity index (χ0v) is 19.3. The lowest BCUT2D eigenvalue weighted by molar-refractivity contribution is -0.384. The number of Topliss-reactive ketones (excluding diaryl/α,β-unsaturated/α-hetero) is 1. The van der Waals surface area contributed by atoms with Crippen LogP contribution in [0.15, 0.2) is 42.1 Å². The summed E-state index contributed by atoms with van der Waals surface area (Å²) in [6.45, 7) is 9.49. The van der Waals surface area contributed by atoms with Crippen LogP contribution in [0.4, 0.5) is 17.1 Å². The number of hydrogen-bond acceptors (Lipinski definition) is 6. The standard InChI is InChI=1S/C26H30N4O3/c1-18-4-3-5-19(2)25(18)29-14-12-28(13-15-29)23-7-6-22(30(32)33)16-21(23)17-24-26(31)20-8-10-27(24)11-9-20/h3-7,16-17,20H,8-15H2,1-2H3/b24-17+. The van der Waals surface area contributed by atoms with Crippen LogP contribution in [0.5, 0.6) is 0 Å². The van der Waals surface area contributed by atoms with Crippen molar-refractivity contribution in [2.24, 2.45) is 5.92 Å². The van der Waals surface area contributed by atoms with Gasteiger partial charge in [-0.1, -0.05) is 18.2 Å². The van der Waals surface area contributed by atoms with Crippen molar-refractivity contribution in [3.05, 3.63) is 68.9 Å². The lowest BCUT2D eigenvalue weighted by Gasteiger charge is -2.41. The van der Waals surface area contributed by atoms with Gasteiger partial charge in [-0.25, -0.2) is 0 Å². The normalized spacial score (nSPS) is 20.1. The molecule has 4 heterocycles. The number of nitro groups is 1. The SMILES string of the molecule is Cc1cccc(C)c1N1CCN(c2ccc([N+](=O)[O-])cc2/C=C2\C(=O)C3CCN2CC3)CC1. The number of nitrogens with zero attached hydrogens (tertiary/aromatic N) is 4. The molecular formula is C26H30N4O3. The molecule has 2 aromatic rings. The summed E-state index contributed by atoms with van der Waals surface area (Å²) < 4.78 is 0. The van der Waals surface area contributed by atoms with Gasteiger partial charge in [0.15, 0.2) is 5.78 Å². The molecule has 0 unspecified atom stereocenters. The maximum atomic E-state index is 12.9. The number of allylic oxidation sites excluding steroid dienone is 1. The number of anilines is 2. The molecule has 0 radical (unpaired) electrons. The third-order valence-electron chi connectivity index (χ3n) is 7.35. The van der Waals surface area contributed by atoms with Gasteiger partial charge in [0, 0.05) is 74.3 Å². The summed E-state index contributed by atoms with van der Waals surface area (Å²) in [5.41, 5.74) is 6.37. The summed E-state index contributed by atoms with van der Waals surface area (Å²) >= 11 is 0. The van der Waals surface area contributed by atoms with E-state index in [4.69, 9.17) is 0 Å². The van der Waals surface area contributed by atoms with Crippen molar-refractivity contribution in [1.29, 1.82) is 0 Å². The van der Waals surface area contributed by atoms with Crippen molar-refractivity contribution in [2.45, 2.75) is 26.7 Å². The molecule has 0 amide bonds. The molecule has 0 spiro atoms. The van der Waals surface area contributed by atoms with Gasteiger partial charge < -0.3 is 14.7 Å². The monoisotopic (exact) mass is 446 g/mol. The molecule has 4 aliphatic rings. The van der Waals surface area contributed by atoms with E-state index in [9.17, 15) is 14.9 Å². The Kier molecular flexibility index (Phi) is 5.56. The van der Waals surface area contributed by atoms with Crippen molar-refractivity contribution >= 4 is 28.9 Å². The number of carbonyl (C=O) groups is 1. The summed E-state index contributed by atoms with van der Waals surface area (Å²) in [5.74, 6) is 0.286. The number of para-hydroxylation sites is 1. The molecule has 0 aliphatic carbocycles. The van der Waals surface area contributed by atoms with Gasteiger partial charge in [-0.2, -0.15) is 0 Å². The molecule has 4 aliphatic heterocycles. The van der Waals surface area contributed by atoms with Crippen molar-refractivity contribution in [3.8, 4) is 0 Å². The van der Waals surface area contributed by atoms with E-state index in [1.54, 1.807) is 12.1 Å². The first kappa shape index (κ1) is 21.5. The Morgan fingerprint density at radius 3 is 2.15 bits per heavy atom. The van der Waals surface area contributed by atoms with E-state index < -0.39 is 0 Å². The molecule has 2 aromatic carbocycles. The number of benzene rings is 2. The van der Waals surface area contributed by atoms with E-state index in [2.05, 4.69) is 46.7 Å². The van der Waals surface area contributed by atoms with E-state index in [0.29, 0.717) is 5.70 Å². The van der Waals surface area contributed by atoms with Crippen LogP contribution < -0.4 is 9.80 Å². The van der Waals surface area contributed by atoms with E-state index in [1.807, 2.05) is 12.1 Å². The quantitative estimate of drug-likeness (QED) is 0.399. The number of piperazine rings is 1. The second kappa shape index (κ2) is 8.54. The van der Waals surface area contributed by atoms with Crippen molar-refractivity contribution in [1.82, 2.24) is 4.90 Å². The van der Waals surface area contributed by atoms with Crippen molar-refractivity contribution in [2.75, 3.05) is 49.1 Å². The first-order valence-electron chi connectivity index (χ1n) is 11.8. The summed E-state index contributed by atoms with van der Waals surface area (Å²) in [4.78, 5) is 30.9. The second-order valence-corrected chi connectivity index (χ2v) is 9.37.